The Morgan fingerprint density at radius 3 is 2.62 bits per heavy atom. The zero-order valence-corrected chi connectivity index (χ0v) is 25.2. The van der Waals surface area contributed by atoms with Crippen molar-refractivity contribution in [1.82, 2.24) is 20.1 Å². The minimum atomic E-state index is -2.58. The fourth-order valence-electron chi connectivity index (χ4n) is 6.87. The number of carbonyl (C=O) groups excluding carboxylic acids is 1. The first-order chi connectivity index (χ1) is 20.0. The zero-order valence-electron chi connectivity index (χ0n) is 25.2. The number of hydrogen-bond acceptors (Lipinski definition) is 3. The van der Waals surface area contributed by atoms with Gasteiger partial charge >= 0.3 is 0 Å². The Morgan fingerprint density at radius 2 is 1.90 bits per heavy atom. The fourth-order valence-corrected chi connectivity index (χ4v) is 6.87. The summed E-state index contributed by atoms with van der Waals surface area (Å²) in [4.78, 5) is 17.0. The quantitative estimate of drug-likeness (QED) is 0.248. The second kappa shape index (κ2) is 12.6. The smallest absolute Gasteiger partial charge is 0.254 e. The third-order valence-corrected chi connectivity index (χ3v) is 9.14. The molecule has 42 heavy (non-hydrogen) atoms. The molecule has 3 aromatic rings. The lowest BCUT2D eigenvalue weighted by Crippen LogP contribution is -2.39. The number of hydrogen-bond donors (Lipinski definition) is 1. The molecular weight excluding hydrogens is 537 g/mol. The lowest BCUT2D eigenvalue weighted by atomic mass is 9.70. The molecule has 1 aromatic carbocycles. The van der Waals surface area contributed by atoms with Crippen LogP contribution in [0.4, 0.5) is 13.2 Å². The second-order valence-electron chi connectivity index (χ2n) is 12.9. The second-order valence-corrected chi connectivity index (χ2v) is 12.9. The molecule has 0 bridgehead atoms. The molecule has 4 atom stereocenters. The van der Waals surface area contributed by atoms with Crippen LogP contribution in [0, 0.1) is 36.4 Å². The van der Waals surface area contributed by atoms with E-state index in [-0.39, 0.29) is 35.8 Å². The zero-order chi connectivity index (χ0) is 30.0. The first kappa shape index (κ1) is 30.3. The van der Waals surface area contributed by atoms with Crippen LogP contribution in [-0.4, -0.2) is 32.6 Å². The molecule has 2 aliphatic rings. The standard InChI is InChI=1S/C34H43F3N4O/c1-5-6-24-7-10-31(34(36,37)16-24)23(4)11-21(2)12-25-14-28(19-38-17-25)41-20-26(18-39-41)29-15-30(32(35)13-22(29)3)33(42)40-27-8-9-27/h13-15,17-21,23-24,27,31H,5-12,16H2,1-4H3,(H,40,42)/t21?,23?,24?,31-/m0/s1. The van der Waals surface area contributed by atoms with Crippen molar-refractivity contribution in [3.05, 3.63) is 65.5 Å². The van der Waals surface area contributed by atoms with Gasteiger partial charge in [0.15, 0.2) is 0 Å². The number of amides is 1. The molecule has 1 N–H and O–H groups in total. The predicted molar refractivity (Wildman–Crippen MR) is 159 cm³/mol. The van der Waals surface area contributed by atoms with Gasteiger partial charge in [-0.05, 0) is 98.1 Å². The van der Waals surface area contributed by atoms with Gasteiger partial charge in [0.25, 0.3) is 11.8 Å². The average molecular weight is 581 g/mol. The van der Waals surface area contributed by atoms with Crippen LogP contribution in [0.15, 0.2) is 43.0 Å². The number of carbonyl (C=O) groups is 1. The number of alkyl halides is 2. The lowest BCUT2D eigenvalue weighted by molar-refractivity contribution is -0.122. The summed E-state index contributed by atoms with van der Waals surface area (Å²) in [6.45, 7) is 8.01. The maximum absolute atomic E-state index is 15.0. The summed E-state index contributed by atoms with van der Waals surface area (Å²) in [7, 11) is 0. The van der Waals surface area contributed by atoms with Crippen molar-refractivity contribution in [2.75, 3.05) is 0 Å². The van der Waals surface area contributed by atoms with Gasteiger partial charge in [0, 0.05) is 36.3 Å². The van der Waals surface area contributed by atoms with Gasteiger partial charge < -0.3 is 5.32 Å². The molecule has 0 spiro atoms. The van der Waals surface area contributed by atoms with Gasteiger partial charge in [0.1, 0.15) is 5.82 Å². The number of halogens is 3. The number of benzene rings is 1. The number of aryl methyl sites for hydroxylation is 1. The Hall–Kier alpha value is -3.16. The number of rotatable bonds is 11. The van der Waals surface area contributed by atoms with E-state index in [0.29, 0.717) is 12.0 Å². The van der Waals surface area contributed by atoms with E-state index in [1.54, 1.807) is 23.1 Å². The minimum Gasteiger partial charge on any atom is -0.349 e. The van der Waals surface area contributed by atoms with Crippen molar-refractivity contribution >= 4 is 5.91 Å². The van der Waals surface area contributed by atoms with E-state index in [2.05, 4.69) is 29.2 Å². The predicted octanol–water partition coefficient (Wildman–Crippen LogP) is 8.33. The molecule has 8 heteroatoms. The Kier molecular flexibility index (Phi) is 9.09. The minimum absolute atomic E-state index is 0.0360. The van der Waals surface area contributed by atoms with E-state index in [1.165, 1.54) is 6.07 Å². The summed E-state index contributed by atoms with van der Waals surface area (Å²) in [6.07, 6.45) is 13.9. The van der Waals surface area contributed by atoms with E-state index < -0.39 is 23.6 Å². The Morgan fingerprint density at radius 1 is 1.12 bits per heavy atom. The van der Waals surface area contributed by atoms with Crippen molar-refractivity contribution in [2.45, 2.75) is 97.4 Å². The largest absolute Gasteiger partial charge is 0.349 e. The van der Waals surface area contributed by atoms with E-state index in [0.717, 1.165) is 67.3 Å². The van der Waals surface area contributed by atoms with Gasteiger partial charge in [0.2, 0.25) is 0 Å². The number of nitrogens with zero attached hydrogens (tertiary/aromatic N) is 3. The van der Waals surface area contributed by atoms with E-state index in [9.17, 15) is 9.18 Å². The molecule has 0 radical (unpaired) electrons. The highest BCUT2D eigenvalue weighted by atomic mass is 19.3. The Labute approximate surface area is 247 Å². The fraction of sp³-hybridized carbons (Fsp3) is 0.559. The molecule has 0 saturated heterocycles. The monoisotopic (exact) mass is 580 g/mol. The average Bonchev–Trinajstić information content (AvgIpc) is 3.60. The van der Waals surface area contributed by atoms with Gasteiger partial charge in [-0.3, -0.25) is 9.78 Å². The van der Waals surface area contributed by atoms with Crippen LogP contribution in [-0.2, 0) is 6.42 Å². The normalized spacial score (nSPS) is 21.6. The topological polar surface area (TPSA) is 59.8 Å². The van der Waals surface area contributed by atoms with Crippen LogP contribution in [0.2, 0.25) is 0 Å². The summed E-state index contributed by atoms with van der Waals surface area (Å²) < 4.78 is 46.4. The number of aromatic nitrogens is 3. The van der Waals surface area contributed by atoms with Crippen LogP contribution in [0.5, 0.6) is 0 Å². The van der Waals surface area contributed by atoms with Crippen molar-refractivity contribution < 1.29 is 18.0 Å². The molecule has 2 saturated carbocycles. The SMILES string of the molecule is CCCC1CC[C@@H](C(C)CC(C)Cc2cncc(-n3cc(-c4cc(C(=O)NC5CC5)c(F)cc4C)cn3)c2)C(F)(F)C1. The van der Waals surface area contributed by atoms with Crippen LogP contribution >= 0.6 is 0 Å². The van der Waals surface area contributed by atoms with Crippen LogP contribution < -0.4 is 5.32 Å². The molecular formula is C34H43F3N4O. The van der Waals surface area contributed by atoms with Crippen LogP contribution in [0.1, 0.15) is 93.6 Å². The molecule has 2 aromatic heterocycles. The maximum atomic E-state index is 15.0. The highest BCUT2D eigenvalue weighted by molar-refractivity contribution is 5.96. The molecule has 2 heterocycles. The first-order valence-electron chi connectivity index (χ1n) is 15.5. The van der Waals surface area contributed by atoms with Gasteiger partial charge in [-0.1, -0.05) is 33.6 Å². The molecule has 226 valence electrons. The van der Waals surface area contributed by atoms with Gasteiger partial charge in [-0.2, -0.15) is 5.10 Å². The molecule has 5 rings (SSSR count). The van der Waals surface area contributed by atoms with E-state index in [4.69, 9.17) is 0 Å². The third kappa shape index (κ3) is 7.07. The van der Waals surface area contributed by atoms with Crippen molar-refractivity contribution in [1.29, 1.82) is 0 Å². The highest BCUT2D eigenvalue weighted by Gasteiger charge is 2.47. The molecule has 1 amide bonds. The summed E-state index contributed by atoms with van der Waals surface area (Å²) in [5, 5.41) is 7.38. The van der Waals surface area contributed by atoms with Crippen molar-refractivity contribution in [3.8, 4) is 16.8 Å². The van der Waals surface area contributed by atoms with Crippen molar-refractivity contribution in [2.24, 2.45) is 23.7 Å². The molecule has 3 unspecified atom stereocenters. The summed E-state index contributed by atoms with van der Waals surface area (Å²) >= 11 is 0. The Balaban J connectivity index is 1.25. The molecule has 2 fully saturated rings. The number of pyridine rings is 1. The van der Waals surface area contributed by atoms with Gasteiger partial charge in [0.05, 0.1) is 23.6 Å². The molecule has 2 aliphatic carbocycles. The van der Waals surface area contributed by atoms with Gasteiger partial charge in [-0.25, -0.2) is 17.9 Å². The van der Waals surface area contributed by atoms with E-state index >= 15 is 8.78 Å². The Bertz CT molecular complexity index is 1400. The first-order valence-corrected chi connectivity index (χ1v) is 15.5. The van der Waals surface area contributed by atoms with E-state index in [1.807, 2.05) is 32.3 Å². The summed E-state index contributed by atoms with van der Waals surface area (Å²) in [5.41, 5.74) is 4.08. The molecule has 5 nitrogen and oxygen atoms in total. The maximum Gasteiger partial charge on any atom is 0.254 e. The summed E-state index contributed by atoms with van der Waals surface area (Å²) in [5.74, 6) is -3.71. The third-order valence-electron chi connectivity index (χ3n) is 9.14. The van der Waals surface area contributed by atoms with Crippen LogP contribution in [0.3, 0.4) is 0 Å². The van der Waals surface area contributed by atoms with Crippen molar-refractivity contribution in [3.63, 3.8) is 0 Å². The lowest BCUT2D eigenvalue weighted by Gasteiger charge is -2.39. The number of nitrogens with one attached hydrogen (secondary N) is 1. The molecule has 0 aliphatic heterocycles. The highest BCUT2D eigenvalue weighted by Crippen LogP contribution is 2.47. The summed E-state index contributed by atoms with van der Waals surface area (Å²) in [6, 6.07) is 5.16. The van der Waals surface area contributed by atoms with Gasteiger partial charge in [-0.15, -0.1) is 0 Å². The van der Waals surface area contributed by atoms with Crippen LogP contribution in [0.25, 0.3) is 16.8 Å².